The number of nitrogens with two attached hydrogens (primary N) is 1. The first-order chi connectivity index (χ1) is 17.1. The summed E-state index contributed by atoms with van der Waals surface area (Å²) in [6.45, 7) is -0.467. The van der Waals surface area contributed by atoms with Gasteiger partial charge in [-0.2, -0.15) is 13.5 Å². The summed E-state index contributed by atoms with van der Waals surface area (Å²) in [6, 6.07) is 9.39. The molecule has 0 amide bonds. The second-order valence-electron chi connectivity index (χ2n) is 8.31. The van der Waals surface area contributed by atoms with E-state index in [9.17, 15) is 28.2 Å². The van der Waals surface area contributed by atoms with Crippen molar-refractivity contribution in [3.05, 3.63) is 71.9 Å². The van der Waals surface area contributed by atoms with Crippen LogP contribution in [0.5, 0.6) is 0 Å². The number of rotatable bonds is 10. The van der Waals surface area contributed by atoms with E-state index in [2.05, 4.69) is 24.6 Å². The highest BCUT2D eigenvalue weighted by Gasteiger charge is 2.42. The number of nitrogens with one attached hydrogen (secondary N) is 1. The fraction of sp³-hybridized carbons (Fsp3) is 0.318. The zero-order chi connectivity index (χ0) is 25.9. The van der Waals surface area contributed by atoms with Gasteiger partial charge < -0.3 is 15.5 Å². The first-order valence-corrected chi connectivity index (χ1v) is 12.4. The molecule has 4 rings (SSSR count). The predicted molar refractivity (Wildman–Crippen MR) is 125 cm³/mol. The van der Waals surface area contributed by atoms with E-state index in [-0.39, 0.29) is 35.8 Å². The molecule has 1 saturated carbocycles. The Hall–Kier alpha value is -3.56. The lowest BCUT2D eigenvalue weighted by Gasteiger charge is -2.19. The number of ketones is 2. The van der Waals surface area contributed by atoms with Crippen molar-refractivity contribution in [3.8, 4) is 0 Å². The maximum Gasteiger partial charge on any atom is 0.333 e. The number of hydrogen-bond donors (Lipinski definition) is 4. The van der Waals surface area contributed by atoms with Gasteiger partial charge in [0.25, 0.3) is 0 Å². The van der Waals surface area contributed by atoms with E-state index in [1.54, 1.807) is 30.3 Å². The van der Waals surface area contributed by atoms with Crippen LogP contribution in [0.3, 0.4) is 0 Å². The van der Waals surface area contributed by atoms with E-state index in [0.29, 0.717) is 5.56 Å². The number of nitrogens with zero attached hydrogens (tertiary/aromatic N) is 4. The van der Waals surface area contributed by atoms with Gasteiger partial charge >= 0.3 is 10.3 Å². The molecule has 4 atom stereocenters. The van der Waals surface area contributed by atoms with Crippen LogP contribution in [-0.4, -0.2) is 74.8 Å². The molecule has 2 heterocycles. The second-order valence-corrected chi connectivity index (χ2v) is 9.53. The lowest BCUT2D eigenvalue weighted by molar-refractivity contribution is 0.00778. The van der Waals surface area contributed by atoms with Crippen molar-refractivity contribution in [3.63, 3.8) is 0 Å². The summed E-state index contributed by atoms with van der Waals surface area (Å²) in [6.07, 6.45) is 1.54. The molecule has 0 spiro atoms. The summed E-state index contributed by atoms with van der Waals surface area (Å²) in [5.74, 6) is -1.33. The van der Waals surface area contributed by atoms with E-state index < -0.39 is 46.9 Å². The van der Waals surface area contributed by atoms with E-state index >= 15 is 0 Å². The van der Waals surface area contributed by atoms with Crippen LogP contribution in [0.2, 0.25) is 0 Å². The highest BCUT2D eigenvalue weighted by atomic mass is 32.2. The van der Waals surface area contributed by atoms with Crippen LogP contribution < -0.4 is 10.5 Å². The van der Waals surface area contributed by atoms with Crippen LogP contribution in [0.25, 0.3) is 0 Å². The zero-order valence-corrected chi connectivity index (χ0v) is 19.7. The third-order valence-corrected chi connectivity index (χ3v) is 6.27. The third kappa shape index (κ3) is 5.98. The van der Waals surface area contributed by atoms with Gasteiger partial charge in [-0.05, 0) is 12.5 Å². The van der Waals surface area contributed by atoms with Crippen LogP contribution >= 0.6 is 0 Å². The van der Waals surface area contributed by atoms with Crippen molar-refractivity contribution in [1.82, 2.24) is 19.7 Å². The minimum absolute atomic E-state index is 0.0537. The number of benzene rings is 1. The Labute approximate surface area is 206 Å². The smallest absolute Gasteiger partial charge is 0.333 e. The van der Waals surface area contributed by atoms with Gasteiger partial charge in [0.2, 0.25) is 5.78 Å². The maximum atomic E-state index is 13.1. The number of aliphatic hydroxyl groups excluding tert-OH is 2. The van der Waals surface area contributed by atoms with Crippen molar-refractivity contribution in [2.75, 3.05) is 11.9 Å². The molecule has 0 aliphatic heterocycles. The first kappa shape index (κ1) is 25.5. The largest absolute Gasteiger partial charge is 0.390 e. The summed E-state index contributed by atoms with van der Waals surface area (Å²) in [4.78, 5) is 33.5. The van der Waals surface area contributed by atoms with Crippen LogP contribution in [0.15, 0.2) is 55.1 Å². The Morgan fingerprint density at radius 2 is 1.92 bits per heavy atom. The number of hydrogen-bond acceptors (Lipinski definition) is 11. The highest BCUT2D eigenvalue weighted by molar-refractivity contribution is 7.84. The fourth-order valence-electron chi connectivity index (χ4n) is 3.97. The fourth-order valence-corrected chi connectivity index (χ4v) is 4.34. The Balaban J connectivity index is 1.46. The van der Waals surface area contributed by atoms with Crippen molar-refractivity contribution in [2.45, 2.75) is 31.2 Å². The molecule has 0 radical (unpaired) electrons. The van der Waals surface area contributed by atoms with Gasteiger partial charge in [-0.15, -0.1) is 0 Å². The molecule has 1 aliphatic carbocycles. The SMILES string of the molecule is NS(=O)(=O)OC[C@H]1C[C@@H](Nc2ncncc2C(=O)c2ccn(CC(=O)c3ccccc3)n2)[C@H](O)[C@@H]1O. The van der Waals surface area contributed by atoms with Gasteiger partial charge in [-0.25, -0.2) is 15.1 Å². The molecule has 1 fully saturated rings. The van der Waals surface area contributed by atoms with Gasteiger partial charge in [0.15, 0.2) is 5.78 Å². The van der Waals surface area contributed by atoms with Crippen molar-refractivity contribution < 1.29 is 32.4 Å². The summed E-state index contributed by atoms with van der Waals surface area (Å²) < 4.78 is 28.0. The number of aliphatic hydroxyl groups is 2. The molecule has 2 aromatic heterocycles. The maximum absolute atomic E-state index is 13.1. The van der Waals surface area contributed by atoms with Gasteiger partial charge in [0.1, 0.15) is 30.5 Å². The summed E-state index contributed by atoms with van der Waals surface area (Å²) >= 11 is 0. The zero-order valence-electron chi connectivity index (χ0n) is 18.8. The number of aromatic nitrogens is 4. The summed E-state index contributed by atoms with van der Waals surface area (Å²) in [7, 11) is -4.21. The molecule has 14 heteroatoms. The predicted octanol–water partition coefficient (Wildman–Crippen LogP) is -0.471. The average molecular weight is 517 g/mol. The van der Waals surface area contributed by atoms with Gasteiger partial charge in [-0.1, -0.05) is 30.3 Å². The molecule has 0 unspecified atom stereocenters. The van der Waals surface area contributed by atoms with Crippen molar-refractivity contribution in [2.24, 2.45) is 11.1 Å². The van der Waals surface area contributed by atoms with Crippen LogP contribution in [0.1, 0.15) is 32.8 Å². The van der Waals surface area contributed by atoms with Crippen molar-refractivity contribution >= 4 is 27.7 Å². The van der Waals surface area contributed by atoms with E-state index in [1.807, 2.05) is 0 Å². The molecule has 36 heavy (non-hydrogen) atoms. The molecular weight excluding hydrogens is 492 g/mol. The average Bonchev–Trinajstić information content (AvgIpc) is 3.43. The minimum Gasteiger partial charge on any atom is -0.390 e. The molecule has 1 aromatic carbocycles. The molecule has 1 aliphatic rings. The number of carbonyl (C=O) groups is 2. The molecular formula is C22H24N6O7S. The van der Waals surface area contributed by atoms with Crippen LogP contribution in [0, 0.1) is 5.92 Å². The molecule has 0 bridgehead atoms. The Bertz CT molecular complexity index is 1350. The molecule has 190 valence electrons. The first-order valence-electron chi connectivity index (χ1n) is 10.9. The monoisotopic (exact) mass is 516 g/mol. The van der Waals surface area contributed by atoms with Crippen LogP contribution in [-0.2, 0) is 21.0 Å². The number of Topliss-reactive ketones (excluding diaryl/α,β-unsaturated/α-hetero) is 1. The summed E-state index contributed by atoms with van der Waals surface area (Å²) in [5.41, 5.74) is 0.636. The van der Waals surface area contributed by atoms with Crippen molar-refractivity contribution in [1.29, 1.82) is 0 Å². The van der Waals surface area contributed by atoms with Gasteiger partial charge in [0, 0.05) is 23.9 Å². The standard InChI is InChI=1S/C22H24N6O7S/c23-36(33,34)35-11-14-8-17(21(32)19(14)30)26-22-15(9-24-12-25-22)20(31)16-6-7-28(27-16)10-18(29)13-4-2-1-3-5-13/h1-7,9,12,14,17,19,21,30,32H,8,10-11H2,(H2,23,33,34)(H,24,25,26)/t14-,17-,19-,21+/m1/s1. The van der Waals surface area contributed by atoms with Crippen LogP contribution in [0.4, 0.5) is 5.82 Å². The van der Waals surface area contributed by atoms with Gasteiger partial charge in [0.05, 0.1) is 24.3 Å². The number of anilines is 1. The highest BCUT2D eigenvalue weighted by Crippen LogP contribution is 2.30. The lowest BCUT2D eigenvalue weighted by atomic mass is 10.1. The summed E-state index contributed by atoms with van der Waals surface area (Å²) in [5, 5.41) is 32.6. The molecule has 13 nitrogen and oxygen atoms in total. The number of carbonyl (C=O) groups excluding carboxylic acids is 2. The minimum atomic E-state index is -4.21. The molecule has 3 aromatic rings. The molecule has 0 saturated heterocycles. The second kappa shape index (κ2) is 10.6. The van der Waals surface area contributed by atoms with Gasteiger partial charge in [-0.3, -0.25) is 18.5 Å². The third-order valence-electron chi connectivity index (χ3n) is 5.80. The Morgan fingerprint density at radius 3 is 2.64 bits per heavy atom. The van der Waals surface area contributed by atoms with E-state index in [4.69, 9.17) is 5.14 Å². The van der Waals surface area contributed by atoms with E-state index in [0.717, 1.165) is 0 Å². The Kier molecular flexibility index (Phi) is 7.51. The normalized spacial score (nSPS) is 21.9. The Morgan fingerprint density at radius 1 is 1.17 bits per heavy atom. The lowest BCUT2D eigenvalue weighted by Crippen LogP contribution is -2.36. The quantitative estimate of drug-likeness (QED) is 0.254. The van der Waals surface area contributed by atoms with E-state index in [1.165, 1.54) is 29.5 Å². The topological polar surface area (TPSA) is 200 Å². The molecule has 5 N–H and O–H groups in total.